The van der Waals surface area contributed by atoms with Gasteiger partial charge in [-0.3, -0.25) is 14.5 Å². The van der Waals surface area contributed by atoms with Crippen LogP contribution in [-0.4, -0.2) is 54.4 Å². The number of amides is 2. The van der Waals surface area contributed by atoms with Gasteiger partial charge in [-0.2, -0.15) is 0 Å². The fraction of sp³-hybridized carbons (Fsp3) is 0.474. The number of para-hydroxylation sites is 1. The monoisotopic (exact) mass is 360 g/mol. The van der Waals surface area contributed by atoms with E-state index in [1.165, 1.54) is 6.07 Å². The molecule has 3 N–H and O–H groups in total. The Bertz CT molecular complexity index is 832. The van der Waals surface area contributed by atoms with Crippen molar-refractivity contribution < 1.29 is 14.0 Å². The highest BCUT2D eigenvalue weighted by atomic mass is 19.1. The molecule has 2 heterocycles. The van der Waals surface area contributed by atoms with E-state index < -0.39 is 0 Å². The summed E-state index contributed by atoms with van der Waals surface area (Å²) in [4.78, 5) is 29.2. The van der Waals surface area contributed by atoms with Crippen LogP contribution in [0.15, 0.2) is 18.2 Å². The average Bonchev–Trinajstić information content (AvgIpc) is 3.15. The van der Waals surface area contributed by atoms with Crippen molar-refractivity contribution in [2.24, 2.45) is 0 Å². The maximum atomic E-state index is 13.9. The van der Waals surface area contributed by atoms with E-state index in [1.807, 2.05) is 14.0 Å². The van der Waals surface area contributed by atoms with E-state index in [-0.39, 0.29) is 29.7 Å². The lowest BCUT2D eigenvalue weighted by molar-refractivity contribution is -0.121. The number of carbonyl (C=O) groups excluding carboxylic acids is 2. The SMILES string of the molecule is CNC(=O)C[C@H]1CC[C@@H](CNC(=O)c2[nH]c3c(F)cccc3c2C)N1C. The quantitative estimate of drug-likeness (QED) is 0.763. The summed E-state index contributed by atoms with van der Waals surface area (Å²) in [6.45, 7) is 2.31. The van der Waals surface area contributed by atoms with E-state index in [4.69, 9.17) is 0 Å². The number of H-pyrrole nitrogens is 1. The predicted molar refractivity (Wildman–Crippen MR) is 98.6 cm³/mol. The van der Waals surface area contributed by atoms with Crippen molar-refractivity contribution in [2.45, 2.75) is 38.3 Å². The third kappa shape index (κ3) is 3.44. The van der Waals surface area contributed by atoms with Crippen LogP contribution in [0.4, 0.5) is 4.39 Å². The summed E-state index contributed by atoms with van der Waals surface area (Å²) in [6, 6.07) is 5.20. The number of likely N-dealkylation sites (tertiary alicyclic amines) is 1. The van der Waals surface area contributed by atoms with Gasteiger partial charge < -0.3 is 15.6 Å². The number of nitrogens with one attached hydrogen (secondary N) is 3. The van der Waals surface area contributed by atoms with Crippen molar-refractivity contribution in [1.82, 2.24) is 20.5 Å². The summed E-state index contributed by atoms with van der Waals surface area (Å²) in [7, 11) is 3.63. The third-order valence-electron chi connectivity index (χ3n) is 5.45. The number of likely N-dealkylation sites (N-methyl/N-ethyl adjacent to an activating group) is 1. The Morgan fingerprint density at radius 2 is 2.04 bits per heavy atom. The molecule has 140 valence electrons. The number of aromatic nitrogens is 1. The van der Waals surface area contributed by atoms with Crippen molar-refractivity contribution in [3.05, 3.63) is 35.3 Å². The highest BCUT2D eigenvalue weighted by Gasteiger charge is 2.31. The van der Waals surface area contributed by atoms with E-state index in [9.17, 15) is 14.0 Å². The van der Waals surface area contributed by atoms with Crippen LogP contribution in [0.25, 0.3) is 10.9 Å². The Labute approximate surface area is 152 Å². The molecule has 0 spiro atoms. The number of carbonyl (C=O) groups is 2. The van der Waals surface area contributed by atoms with Crippen LogP contribution < -0.4 is 10.6 Å². The fourth-order valence-electron chi connectivity index (χ4n) is 3.74. The van der Waals surface area contributed by atoms with Gasteiger partial charge in [-0.05, 0) is 38.4 Å². The summed E-state index contributed by atoms with van der Waals surface area (Å²) in [5.74, 6) is -0.569. The van der Waals surface area contributed by atoms with Crippen LogP contribution >= 0.6 is 0 Å². The normalized spacial score (nSPS) is 20.5. The van der Waals surface area contributed by atoms with Crippen LogP contribution in [0.2, 0.25) is 0 Å². The topological polar surface area (TPSA) is 77.2 Å². The Morgan fingerprint density at radius 3 is 2.73 bits per heavy atom. The number of rotatable bonds is 5. The third-order valence-corrected chi connectivity index (χ3v) is 5.45. The Kier molecular flexibility index (Phi) is 5.27. The second-order valence-electron chi connectivity index (χ2n) is 6.93. The molecule has 26 heavy (non-hydrogen) atoms. The minimum atomic E-state index is -0.364. The molecule has 0 unspecified atom stereocenters. The number of hydrogen-bond acceptors (Lipinski definition) is 3. The molecule has 2 amide bonds. The lowest BCUT2D eigenvalue weighted by Crippen LogP contribution is -2.42. The van der Waals surface area contributed by atoms with Gasteiger partial charge in [0.2, 0.25) is 5.91 Å². The van der Waals surface area contributed by atoms with Crippen molar-refractivity contribution >= 4 is 22.7 Å². The van der Waals surface area contributed by atoms with Crippen LogP contribution in [0.3, 0.4) is 0 Å². The fourth-order valence-corrected chi connectivity index (χ4v) is 3.74. The van der Waals surface area contributed by atoms with Gasteiger partial charge >= 0.3 is 0 Å². The van der Waals surface area contributed by atoms with Crippen LogP contribution in [0.1, 0.15) is 35.3 Å². The standard InChI is InChI=1S/C19H25FN4O2/c1-11-14-5-4-6-15(20)18(14)23-17(11)19(26)22-10-13-8-7-12(24(13)3)9-16(25)21-2/h4-6,12-13,23H,7-10H2,1-3H3,(H,21,25)(H,22,26)/t12-,13+/m1/s1. The van der Waals surface area contributed by atoms with Gasteiger partial charge in [0.15, 0.2) is 0 Å². The Balaban J connectivity index is 1.64. The lowest BCUT2D eigenvalue weighted by Gasteiger charge is -2.25. The van der Waals surface area contributed by atoms with E-state index in [2.05, 4.69) is 20.5 Å². The van der Waals surface area contributed by atoms with Crippen molar-refractivity contribution in [2.75, 3.05) is 20.6 Å². The molecule has 1 aromatic heterocycles. The summed E-state index contributed by atoms with van der Waals surface area (Å²) >= 11 is 0. The molecule has 2 aromatic rings. The van der Waals surface area contributed by atoms with Gasteiger partial charge in [-0.15, -0.1) is 0 Å². The highest BCUT2D eigenvalue weighted by Crippen LogP contribution is 2.25. The first kappa shape index (κ1) is 18.4. The highest BCUT2D eigenvalue weighted by molar-refractivity contribution is 6.01. The molecule has 0 saturated carbocycles. The van der Waals surface area contributed by atoms with Crippen molar-refractivity contribution in [3.63, 3.8) is 0 Å². The zero-order chi connectivity index (χ0) is 18.8. The number of aryl methyl sites for hydroxylation is 1. The number of halogens is 1. The molecule has 2 atom stereocenters. The molecule has 1 aliphatic heterocycles. The molecule has 3 rings (SSSR count). The van der Waals surface area contributed by atoms with Crippen molar-refractivity contribution in [1.29, 1.82) is 0 Å². The number of hydrogen-bond donors (Lipinski definition) is 3. The Morgan fingerprint density at radius 1 is 1.31 bits per heavy atom. The predicted octanol–water partition coefficient (Wildman–Crippen LogP) is 1.94. The Hall–Kier alpha value is -2.41. The van der Waals surface area contributed by atoms with Crippen LogP contribution in [-0.2, 0) is 4.79 Å². The number of benzene rings is 1. The average molecular weight is 360 g/mol. The smallest absolute Gasteiger partial charge is 0.268 e. The summed E-state index contributed by atoms with van der Waals surface area (Å²) < 4.78 is 13.9. The van der Waals surface area contributed by atoms with E-state index >= 15 is 0 Å². The van der Waals surface area contributed by atoms with Gasteiger partial charge in [-0.1, -0.05) is 12.1 Å². The molecule has 0 bridgehead atoms. The largest absolute Gasteiger partial charge is 0.359 e. The zero-order valence-electron chi connectivity index (χ0n) is 15.4. The van der Waals surface area contributed by atoms with E-state index in [0.29, 0.717) is 24.2 Å². The molecule has 1 fully saturated rings. The van der Waals surface area contributed by atoms with Crippen LogP contribution in [0.5, 0.6) is 0 Å². The van der Waals surface area contributed by atoms with Crippen molar-refractivity contribution in [3.8, 4) is 0 Å². The number of fused-ring (bicyclic) bond motifs is 1. The zero-order valence-corrected chi connectivity index (χ0v) is 15.4. The lowest BCUT2D eigenvalue weighted by atomic mass is 10.1. The molecular weight excluding hydrogens is 335 g/mol. The molecule has 6 nitrogen and oxygen atoms in total. The molecule has 1 aliphatic rings. The maximum absolute atomic E-state index is 13.9. The number of aromatic amines is 1. The van der Waals surface area contributed by atoms with E-state index in [0.717, 1.165) is 23.8 Å². The first-order valence-electron chi connectivity index (χ1n) is 8.89. The van der Waals surface area contributed by atoms with E-state index in [1.54, 1.807) is 19.2 Å². The van der Waals surface area contributed by atoms with Crippen LogP contribution in [0, 0.1) is 12.7 Å². The van der Waals surface area contributed by atoms with Gasteiger partial charge in [0.05, 0.1) is 5.52 Å². The number of nitrogens with zero attached hydrogens (tertiary/aromatic N) is 1. The molecule has 1 saturated heterocycles. The van der Waals surface area contributed by atoms with Gasteiger partial charge in [-0.25, -0.2) is 4.39 Å². The first-order valence-corrected chi connectivity index (χ1v) is 8.89. The minimum Gasteiger partial charge on any atom is -0.359 e. The van der Waals surface area contributed by atoms with Gasteiger partial charge in [0.25, 0.3) is 5.91 Å². The summed E-state index contributed by atoms with van der Waals surface area (Å²) in [5.41, 5.74) is 1.50. The molecule has 0 aliphatic carbocycles. The molecule has 7 heteroatoms. The maximum Gasteiger partial charge on any atom is 0.268 e. The van der Waals surface area contributed by atoms with Gasteiger partial charge in [0.1, 0.15) is 11.5 Å². The summed E-state index contributed by atoms with van der Waals surface area (Å²) in [5, 5.41) is 6.32. The summed E-state index contributed by atoms with van der Waals surface area (Å²) in [6.07, 6.45) is 2.33. The second-order valence-corrected chi connectivity index (χ2v) is 6.93. The minimum absolute atomic E-state index is 0.0299. The van der Waals surface area contributed by atoms with Gasteiger partial charge in [0, 0.05) is 37.5 Å². The second kappa shape index (κ2) is 7.45. The molecular formula is C19H25FN4O2. The first-order chi connectivity index (χ1) is 12.4. The molecule has 0 radical (unpaired) electrons. The molecule has 1 aromatic carbocycles.